The first kappa shape index (κ1) is 14.0. The number of thiophene rings is 1. The van der Waals surface area contributed by atoms with E-state index >= 15 is 0 Å². The Balaban J connectivity index is 2.10. The van der Waals surface area contributed by atoms with Crippen LogP contribution < -0.4 is 4.74 Å². The highest BCUT2D eigenvalue weighted by Crippen LogP contribution is 2.38. The number of hydrogen-bond donors (Lipinski definition) is 1. The van der Waals surface area contributed by atoms with Crippen LogP contribution >= 0.6 is 11.3 Å². The Labute approximate surface area is 126 Å². The summed E-state index contributed by atoms with van der Waals surface area (Å²) in [5, 5.41) is 11.9. The average Bonchev–Trinajstić information content (AvgIpc) is 2.91. The maximum atomic E-state index is 14.2. The molecule has 2 aromatic carbocycles. The molecule has 0 aliphatic carbocycles. The van der Waals surface area contributed by atoms with Crippen LogP contribution in [0, 0.1) is 5.82 Å². The molecule has 0 spiro atoms. The van der Waals surface area contributed by atoms with Gasteiger partial charge in [0.25, 0.3) is 0 Å². The van der Waals surface area contributed by atoms with E-state index < -0.39 is 11.4 Å². The molecule has 1 heterocycles. The number of rotatable bonds is 3. The van der Waals surface area contributed by atoms with E-state index in [0.29, 0.717) is 10.6 Å². The van der Waals surface area contributed by atoms with E-state index in [1.165, 1.54) is 24.5 Å². The lowest BCUT2D eigenvalue weighted by Crippen LogP contribution is -2.22. The fourth-order valence-electron chi connectivity index (χ4n) is 2.37. The third kappa shape index (κ3) is 2.41. The second-order valence-electron chi connectivity index (χ2n) is 5.07. The van der Waals surface area contributed by atoms with Crippen molar-refractivity contribution in [2.75, 3.05) is 7.11 Å². The van der Waals surface area contributed by atoms with E-state index in [4.69, 9.17) is 4.74 Å². The summed E-state index contributed by atoms with van der Waals surface area (Å²) >= 11 is 1.47. The molecule has 108 valence electrons. The minimum atomic E-state index is -1.37. The highest BCUT2D eigenvalue weighted by atomic mass is 32.1. The molecule has 0 bridgehead atoms. The molecule has 21 heavy (non-hydrogen) atoms. The predicted molar refractivity (Wildman–Crippen MR) is 83.4 cm³/mol. The van der Waals surface area contributed by atoms with Gasteiger partial charge < -0.3 is 9.84 Å². The van der Waals surface area contributed by atoms with Crippen LogP contribution in [0.25, 0.3) is 10.1 Å². The van der Waals surface area contributed by atoms with Gasteiger partial charge in [0.05, 0.1) is 7.11 Å². The number of benzene rings is 2. The molecular weight excluding hydrogens is 287 g/mol. The lowest BCUT2D eigenvalue weighted by molar-refractivity contribution is 0.102. The number of methoxy groups -OCH3 is 1. The summed E-state index contributed by atoms with van der Waals surface area (Å²) in [6.07, 6.45) is 0. The van der Waals surface area contributed by atoms with E-state index in [9.17, 15) is 9.50 Å². The zero-order chi connectivity index (χ0) is 15.0. The standard InChI is InChI=1S/C17H15FO2S/c1-17(19,13-8-7-12(20-2)10-14(13)18)16-9-11-5-3-4-6-15(11)21-16/h3-10,19H,1-2H3. The van der Waals surface area contributed by atoms with Crippen LogP contribution in [-0.4, -0.2) is 12.2 Å². The van der Waals surface area contributed by atoms with E-state index in [1.54, 1.807) is 19.1 Å². The summed E-state index contributed by atoms with van der Waals surface area (Å²) < 4.78 is 20.3. The van der Waals surface area contributed by atoms with Crippen molar-refractivity contribution in [1.29, 1.82) is 0 Å². The Kier molecular flexibility index (Phi) is 3.43. The van der Waals surface area contributed by atoms with Gasteiger partial charge in [-0.2, -0.15) is 0 Å². The van der Waals surface area contributed by atoms with Crippen molar-refractivity contribution >= 4 is 21.4 Å². The summed E-state index contributed by atoms with van der Waals surface area (Å²) in [4.78, 5) is 0.716. The molecule has 4 heteroatoms. The fraction of sp³-hybridized carbons (Fsp3) is 0.176. The molecule has 0 radical (unpaired) electrons. The highest BCUT2D eigenvalue weighted by molar-refractivity contribution is 7.19. The first-order chi connectivity index (χ1) is 10.0. The lowest BCUT2D eigenvalue weighted by Gasteiger charge is -2.23. The number of fused-ring (bicyclic) bond motifs is 1. The van der Waals surface area contributed by atoms with E-state index in [2.05, 4.69) is 0 Å². The second kappa shape index (κ2) is 5.13. The fourth-order valence-corrected chi connectivity index (χ4v) is 3.50. The van der Waals surface area contributed by atoms with Crippen molar-refractivity contribution in [1.82, 2.24) is 0 Å². The van der Waals surface area contributed by atoms with Gasteiger partial charge in [0.15, 0.2) is 0 Å². The van der Waals surface area contributed by atoms with Gasteiger partial charge in [-0.3, -0.25) is 0 Å². The van der Waals surface area contributed by atoms with Gasteiger partial charge in [-0.05, 0) is 36.6 Å². The third-order valence-corrected chi connectivity index (χ3v) is 4.93. The van der Waals surface area contributed by atoms with Crippen molar-refractivity contribution in [2.24, 2.45) is 0 Å². The summed E-state index contributed by atoms with van der Waals surface area (Å²) in [6.45, 7) is 1.61. The molecule has 3 aromatic rings. The molecule has 2 nitrogen and oxygen atoms in total. The molecule has 0 aliphatic heterocycles. The Morgan fingerprint density at radius 3 is 2.57 bits per heavy atom. The van der Waals surface area contributed by atoms with Gasteiger partial charge in [0.1, 0.15) is 17.2 Å². The smallest absolute Gasteiger partial charge is 0.133 e. The minimum absolute atomic E-state index is 0.245. The van der Waals surface area contributed by atoms with Crippen LogP contribution in [0.15, 0.2) is 48.5 Å². The number of hydrogen-bond acceptors (Lipinski definition) is 3. The van der Waals surface area contributed by atoms with Crippen LogP contribution in [0.5, 0.6) is 5.75 Å². The van der Waals surface area contributed by atoms with Gasteiger partial charge in [-0.25, -0.2) is 4.39 Å². The maximum absolute atomic E-state index is 14.2. The topological polar surface area (TPSA) is 29.5 Å². The third-order valence-electron chi connectivity index (χ3n) is 3.61. The van der Waals surface area contributed by atoms with E-state index in [0.717, 1.165) is 10.1 Å². The lowest BCUT2D eigenvalue weighted by atomic mass is 9.93. The largest absolute Gasteiger partial charge is 0.497 e. The van der Waals surface area contributed by atoms with Crippen molar-refractivity contribution in [3.63, 3.8) is 0 Å². The Morgan fingerprint density at radius 2 is 1.90 bits per heavy atom. The summed E-state index contributed by atoms with van der Waals surface area (Å²) in [7, 11) is 1.48. The van der Waals surface area contributed by atoms with Crippen molar-refractivity contribution < 1.29 is 14.2 Å². The molecular formula is C17H15FO2S. The predicted octanol–water partition coefficient (Wildman–Crippen LogP) is 4.30. The number of aliphatic hydroxyl groups is 1. The second-order valence-corrected chi connectivity index (χ2v) is 6.15. The van der Waals surface area contributed by atoms with Gasteiger partial charge in [0.2, 0.25) is 0 Å². The van der Waals surface area contributed by atoms with Crippen LogP contribution in [0.3, 0.4) is 0 Å². The Bertz CT molecular complexity index is 759. The molecule has 0 amide bonds. The molecule has 0 saturated carbocycles. The van der Waals surface area contributed by atoms with Crippen LogP contribution in [-0.2, 0) is 5.60 Å². The molecule has 0 aliphatic rings. The molecule has 3 rings (SSSR count). The van der Waals surface area contributed by atoms with E-state index in [1.807, 2.05) is 30.3 Å². The molecule has 0 saturated heterocycles. The summed E-state index contributed by atoms with van der Waals surface area (Å²) in [6, 6.07) is 14.3. The van der Waals surface area contributed by atoms with Gasteiger partial charge in [-0.15, -0.1) is 11.3 Å². The monoisotopic (exact) mass is 302 g/mol. The molecule has 1 atom stereocenters. The molecule has 0 fully saturated rings. The summed E-state index contributed by atoms with van der Waals surface area (Å²) in [5.74, 6) is -0.0415. The van der Waals surface area contributed by atoms with Crippen LogP contribution in [0.2, 0.25) is 0 Å². The first-order valence-electron chi connectivity index (χ1n) is 6.58. The summed E-state index contributed by atoms with van der Waals surface area (Å²) in [5.41, 5.74) is -1.13. The molecule has 1 aromatic heterocycles. The van der Waals surface area contributed by atoms with Crippen molar-refractivity contribution in [3.8, 4) is 5.75 Å². The SMILES string of the molecule is COc1ccc(C(C)(O)c2cc3ccccc3s2)c(F)c1. The minimum Gasteiger partial charge on any atom is -0.497 e. The zero-order valence-corrected chi connectivity index (χ0v) is 12.6. The van der Waals surface area contributed by atoms with Crippen LogP contribution in [0.4, 0.5) is 4.39 Å². The van der Waals surface area contributed by atoms with Gasteiger partial charge >= 0.3 is 0 Å². The zero-order valence-electron chi connectivity index (χ0n) is 11.8. The van der Waals surface area contributed by atoms with Crippen LogP contribution in [0.1, 0.15) is 17.4 Å². The van der Waals surface area contributed by atoms with Crippen molar-refractivity contribution in [3.05, 3.63) is 64.8 Å². The van der Waals surface area contributed by atoms with Gasteiger partial charge in [-0.1, -0.05) is 18.2 Å². The first-order valence-corrected chi connectivity index (χ1v) is 7.39. The highest BCUT2D eigenvalue weighted by Gasteiger charge is 2.30. The normalized spacial score (nSPS) is 14.1. The number of ether oxygens (including phenoxy) is 1. The number of halogens is 1. The maximum Gasteiger partial charge on any atom is 0.133 e. The molecule has 1 N–H and O–H groups in total. The average molecular weight is 302 g/mol. The Morgan fingerprint density at radius 1 is 1.14 bits per heavy atom. The van der Waals surface area contributed by atoms with Crippen molar-refractivity contribution in [2.45, 2.75) is 12.5 Å². The van der Waals surface area contributed by atoms with Gasteiger partial charge in [0, 0.05) is 21.2 Å². The Hall–Kier alpha value is -1.91. The quantitative estimate of drug-likeness (QED) is 0.781. The van der Waals surface area contributed by atoms with E-state index in [-0.39, 0.29) is 5.56 Å². The molecule has 1 unspecified atom stereocenters.